The Morgan fingerprint density at radius 1 is 1.17 bits per heavy atom. The standard InChI is InChI=1S/C20H22N6O4/c1-20(2)29-13-14(16(21)27)28-19(15(13)30-20)26-10-25-12-17(23-9-24-18(12)26)22-8-11-6-4-3-5-7-11/h3-7,9-10,13-15,19H,8H2,1-2H3,(H2,21,27)(H,22,23,24)/t13-,14+,15-,19-/m1/s1. The average Bonchev–Trinajstić information content (AvgIpc) is 3.37. The van der Waals surface area contributed by atoms with E-state index in [0.29, 0.717) is 23.5 Å². The van der Waals surface area contributed by atoms with E-state index in [1.807, 2.05) is 30.3 Å². The van der Waals surface area contributed by atoms with Crippen molar-refractivity contribution in [2.45, 2.75) is 50.7 Å². The third-order valence-electron chi connectivity index (χ3n) is 5.25. The second-order valence-corrected chi connectivity index (χ2v) is 7.80. The first-order valence-electron chi connectivity index (χ1n) is 9.69. The molecule has 3 N–H and O–H groups in total. The first-order valence-corrected chi connectivity index (χ1v) is 9.69. The SMILES string of the molecule is CC1(C)O[C@@H]2[C@H](O1)[C@@H](C(N)=O)O[C@H]2n1cnc2c(NCc3ccccc3)ncnc21. The molecule has 0 bridgehead atoms. The number of primary amides is 1. The molecule has 2 aliphatic rings. The molecule has 30 heavy (non-hydrogen) atoms. The maximum absolute atomic E-state index is 11.9. The number of anilines is 1. The van der Waals surface area contributed by atoms with Crippen LogP contribution in [0.3, 0.4) is 0 Å². The summed E-state index contributed by atoms with van der Waals surface area (Å²) in [5.74, 6) is -0.843. The largest absolute Gasteiger partial charge is 0.367 e. The summed E-state index contributed by atoms with van der Waals surface area (Å²) in [6.45, 7) is 4.18. The summed E-state index contributed by atoms with van der Waals surface area (Å²) in [6, 6.07) is 9.99. The van der Waals surface area contributed by atoms with Gasteiger partial charge >= 0.3 is 0 Å². The number of hydrogen-bond acceptors (Lipinski definition) is 8. The van der Waals surface area contributed by atoms with Gasteiger partial charge in [-0.3, -0.25) is 9.36 Å². The maximum Gasteiger partial charge on any atom is 0.249 e. The number of hydrogen-bond donors (Lipinski definition) is 2. The molecule has 1 amide bonds. The van der Waals surface area contributed by atoms with Gasteiger partial charge in [-0.05, 0) is 19.4 Å². The highest BCUT2D eigenvalue weighted by molar-refractivity contribution is 5.83. The molecule has 0 saturated carbocycles. The number of rotatable bonds is 5. The van der Waals surface area contributed by atoms with Gasteiger partial charge in [-0.1, -0.05) is 30.3 Å². The number of carbonyl (C=O) groups is 1. The number of carbonyl (C=O) groups excluding carboxylic acids is 1. The summed E-state index contributed by atoms with van der Waals surface area (Å²) < 4.78 is 19.5. The monoisotopic (exact) mass is 410 g/mol. The predicted molar refractivity (Wildman–Crippen MR) is 106 cm³/mol. The zero-order valence-corrected chi connectivity index (χ0v) is 16.6. The van der Waals surface area contributed by atoms with Crippen LogP contribution in [-0.2, 0) is 25.5 Å². The molecule has 10 nitrogen and oxygen atoms in total. The van der Waals surface area contributed by atoms with E-state index in [-0.39, 0.29) is 0 Å². The van der Waals surface area contributed by atoms with Gasteiger partial charge < -0.3 is 25.3 Å². The highest BCUT2D eigenvalue weighted by Crippen LogP contribution is 2.43. The van der Waals surface area contributed by atoms with E-state index in [1.54, 1.807) is 24.7 Å². The molecule has 2 aliphatic heterocycles. The lowest BCUT2D eigenvalue weighted by Crippen LogP contribution is -2.39. The molecule has 1 aromatic carbocycles. The van der Waals surface area contributed by atoms with Gasteiger partial charge in [0.05, 0.1) is 6.33 Å². The van der Waals surface area contributed by atoms with Crippen LogP contribution in [0.25, 0.3) is 11.2 Å². The van der Waals surface area contributed by atoms with Crippen molar-refractivity contribution in [2.75, 3.05) is 5.32 Å². The lowest BCUT2D eigenvalue weighted by molar-refractivity contribution is -0.196. The molecule has 5 rings (SSSR count). The van der Waals surface area contributed by atoms with Crippen LogP contribution in [-0.4, -0.2) is 49.5 Å². The van der Waals surface area contributed by atoms with E-state index < -0.39 is 36.2 Å². The second kappa shape index (κ2) is 7.01. The minimum absolute atomic E-state index is 0.523. The molecule has 2 aromatic heterocycles. The van der Waals surface area contributed by atoms with Crippen LogP contribution in [0, 0.1) is 0 Å². The molecule has 2 fully saturated rings. The Hall–Kier alpha value is -3.08. The molecule has 156 valence electrons. The zero-order chi connectivity index (χ0) is 20.9. The minimum Gasteiger partial charge on any atom is -0.367 e. The van der Waals surface area contributed by atoms with Crippen LogP contribution in [0.2, 0.25) is 0 Å². The Morgan fingerprint density at radius 2 is 1.93 bits per heavy atom. The maximum atomic E-state index is 11.9. The van der Waals surface area contributed by atoms with Crippen molar-refractivity contribution in [1.82, 2.24) is 19.5 Å². The highest BCUT2D eigenvalue weighted by Gasteiger charge is 2.58. The summed E-state index contributed by atoms with van der Waals surface area (Å²) in [6.07, 6.45) is 0.366. The zero-order valence-electron chi connectivity index (χ0n) is 16.6. The van der Waals surface area contributed by atoms with Gasteiger partial charge in [0.25, 0.3) is 0 Å². The molecule has 2 saturated heterocycles. The Kier molecular flexibility index (Phi) is 4.42. The Morgan fingerprint density at radius 3 is 2.70 bits per heavy atom. The van der Waals surface area contributed by atoms with Crippen LogP contribution in [0.4, 0.5) is 5.82 Å². The van der Waals surface area contributed by atoms with Gasteiger partial charge in [-0.25, -0.2) is 15.0 Å². The average molecular weight is 410 g/mol. The normalized spacial score (nSPS) is 27.3. The number of fused-ring (bicyclic) bond motifs is 2. The second-order valence-electron chi connectivity index (χ2n) is 7.80. The minimum atomic E-state index is -0.920. The van der Waals surface area contributed by atoms with E-state index in [4.69, 9.17) is 19.9 Å². The van der Waals surface area contributed by atoms with Crippen LogP contribution in [0.15, 0.2) is 43.0 Å². The smallest absolute Gasteiger partial charge is 0.249 e. The van der Waals surface area contributed by atoms with Gasteiger partial charge in [-0.2, -0.15) is 0 Å². The van der Waals surface area contributed by atoms with E-state index in [1.165, 1.54) is 6.33 Å². The van der Waals surface area contributed by atoms with Gasteiger partial charge in [0.1, 0.15) is 18.5 Å². The van der Waals surface area contributed by atoms with Gasteiger partial charge in [-0.15, -0.1) is 0 Å². The molecule has 4 heterocycles. The van der Waals surface area contributed by atoms with Gasteiger partial charge in [0.15, 0.2) is 35.1 Å². The fraction of sp³-hybridized carbons (Fsp3) is 0.400. The lowest BCUT2D eigenvalue weighted by Gasteiger charge is -2.23. The fourth-order valence-corrected chi connectivity index (χ4v) is 3.98. The lowest BCUT2D eigenvalue weighted by atomic mass is 10.1. The molecular formula is C20H22N6O4. The van der Waals surface area contributed by atoms with E-state index in [0.717, 1.165) is 5.56 Å². The molecule has 0 aliphatic carbocycles. The van der Waals surface area contributed by atoms with Crippen molar-refractivity contribution in [3.8, 4) is 0 Å². The number of benzene rings is 1. The Bertz CT molecular complexity index is 1090. The van der Waals surface area contributed by atoms with E-state index in [2.05, 4.69) is 20.3 Å². The molecule has 3 aromatic rings. The first kappa shape index (κ1) is 18.9. The molecule has 0 radical (unpaired) electrons. The third-order valence-corrected chi connectivity index (χ3v) is 5.25. The van der Waals surface area contributed by atoms with Crippen LogP contribution in [0.5, 0.6) is 0 Å². The fourth-order valence-electron chi connectivity index (χ4n) is 3.98. The van der Waals surface area contributed by atoms with Crippen molar-refractivity contribution >= 4 is 22.9 Å². The topological polar surface area (TPSA) is 126 Å². The first-order chi connectivity index (χ1) is 14.4. The van der Waals surface area contributed by atoms with Crippen LogP contribution in [0.1, 0.15) is 25.6 Å². The summed E-state index contributed by atoms with van der Waals surface area (Å²) in [5.41, 5.74) is 7.80. The van der Waals surface area contributed by atoms with Crippen molar-refractivity contribution < 1.29 is 19.0 Å². The molecule has 10 heteroatoms. The Labute approximate surface area is 172 Å². The third kappa shape index (κ3) is 3.18. The van der Waals surface area contributed by atoms with Crippen LogP contribution >= 0.6 is 0 Å². The van der Waals surface area contributed by atoms with Gasteiger partial charge in [0.2, 0.25) is 5.91 Å². The summed E-state index contributed by atoms with van der Waals surface area (Å²) in [7, 11) is 0. The van der Waals surface area contributed by atoms with Crippen molar-refractivity contribution in [3.63, 3.8) is 0 Å². The summed E-state index contributed by atoms with van der Waals surface area (Å²) >= 11 is 0. The van der Waals surface area contributed by atoms with Crippen LogP contribution < -0.4 is 11.1 Å². The van der Waals surface area contributed by atoms with E-state index >= 15 is 0 Å². The van der Waals surface area contributed by atoms with E-state index in [9.17, 15) is 4.79 Å². The predicted octanol–water partition coefficient (Wildman–Crippen LogP) is 1.34. The molecule has 0 unspecified atom stereocenters. The number of nitrogens with two attached hydrogens (primary N) is 1. The quantitative estimate of drug-likeness (QED) is 0.645. The summed E-state index contributed by atoms with van der Waals surface area (Å²) in [4.78, 5) is 25.1. The van der Waals surface area contributed by atoms with Crippen molar-refractivity contribution in [1.29, 1.82) is 0 Å². The summed E-state index contributed by atoms with van der Waals surface area (Å²) in [5, 5.41) is 3.30. The Balaban J connectivity index is 1.46. The number of aromatic nitrogens is 4. The number of ether oxygens (including phenoxy) is 3. The molecule has 4 atom stereocenters. The van der Waals surface area contributed by atoms with Crippen molar-refractivity contribution in [3.05, 3.63) is 48.5 Å². The number of imidazole rings is 1. The number of nitrogens with zero attached hydrogens (tertiary/aromatic N) is 4. The molecular weight excluding hydrogens is 388 g/mol. The highest BCUT2D eigenvalue weighted by atomic mass is 16.8. The number of nitrogens with one attached hydrogen (secondary N) is 1. The van der Waals surface area contributed by atoms with Gasteiger partial charge in [0, 0.05) is 6.54 Å². The van der Waals surface area contributed by atoms with Crippen molar-refractivity contribution in [2.24, 2.45) is 5.73 Å². The number of amides is 1. The molecule has 0 spiro atoms.